The lowest BCUT2D eigenvalue weighted by molar-refractivity contribution is -0.141. The van der Waals surface area contributed by atoms with E-state index in [1.165, 1.54) is 6.92 Å². The summed E-state index contributed by atoms with van der Waals surface area (Å²) >= 11 is 0. The largest absolute Gasteiger partial charge is 0.481 e. The molecule has 0 rings (SSSR count). The zero-order chi connectivity index (χ0) is 11.1. The highest BCUT2D eigenvalue weighted by atomic mass is 16.4. The van der Waals surface area contributed by atoms with Crippen molar-refractivity contribution in [2.75, 3.05) is 0 Å². The Morgan fingerprint density at radius 3 is 2.21 bits per heavy atom. The number of carboxylic acid groups (broad SMARTS) is 2. The van der Waals surface area contributed by atoms with Gasteiger partial charge in [-0.3, -0.25) is 14.4 Å². The van der Waals surface area contributed by atoms with Crippen molar-refractivity contribution < 1.29 is 24.6 Å². The lowest BCUT2D eigenvalue weighted by atomic mass is 10.2. The molecule has 1 atom stereocenters. The Kier molecular flexibility index (Phi) is 5.28. The first-order valence-corrected chi connectivity index (χ1v) is 4.17. The molecule has 0 aliphatic rings. The Hall–Kier alpha value is -1.59. The molecule has 1 amide bonds. The van der Waals surface area contributed by atoms with Crippen LogP contribution >= 0.6 is 0 Å². The SMILES string of the molecule is CC(NC(=O)CCCC(=O)O)C(=O)O. The topological polar surface area (TPSA) is 104 Å². The van der Waals surface area contributed by atoms with Gasteiger partial charge >= 0.3 is 11.9 Å². The van der Waals surface area contributed by atoms with Gasteiger partial charge in [0.1, 0.15) is 6.04 Å². The van der Waals surface area contributed by atoms with E-state index in [0.717, 1.165) is 0 Å². The van der Waals surface area contributed by atoms with E-state index in [1.807, 2.05) is 0 Å². The van der Waals surface area contributed by atoms with Gasteiger partial charge in [-0.05, 0) is 13.3 Å². The third kappa shape index (κ3) is 5.99. The lowest BCUT2D eigenvalue weighted by Gasteiger charge is -2.08. The third-order valence-corrected chi connectivity index (χ3v) is 1.54. The molecule has 0 bridgehead atoms. The standard InChI is InChI=1S/C8H13NO5/c1-5(8(13)14)9-6(10)3-2-4-7(11)12/h5H,2-4H2,1H3,(H,9,10)(H,11,12)(H,13,14). The maximum Gasteiger partial charge on any atom is 0.325 e. The average Bonchev–Trinajstić information content (AvgIpc) is 2.02. The number of nitrogens with one attached hydrogen (secondary N) is 1. The molecule has 0 saturated carbocycles. The highest BCUT2D eigenvalue weighted by Crippen LogP contribution is 1.95. The van der Waals surface area contributed by atoms with Crippen LogP contribution in [-0.2, 0) is 14.4 Å². The zero-order valence-corrected chi connectivity index (χ0v) is 7.82. The van der Waals surface area contributed by atoms with Crippen molar-refractivity contribution >= 4 is 17.8 Å². The molecule has 6 heteroatoms. The van der Waals surface area contributed by atoms with Gasteiger partial charge in [0.25, 0.3) is 0 Å². The summed E-state index contributed by atoms with van der Waals surface area (Å²) in [6, 6.07) is -0.938. The molecule has 0 aromatic carbocycles. The first-order valence-electron chi connectivity index (χ1n) is 4.17. The number of aliphatic carboxylic acids is 2. The fourth-order valence-electron chi connectivity index (χ4n) is 0.776. The molecule has 6 nitrogen and oxygen atoms in total. The van der Waals surface area contributed by atoms with E-state index in [1.54, 1.807) is 0 Å². The van der Waals surface area contributed by atoms with Crippen LogP contribution in [0.1, 0.15) is 26.2 Å². The van der Waals surface area contributed by atoms with Crippen molar-refractivity contribution in [3.63, 3.8) is 0 Å². The number of carboxylic acids is 2. The summed E-state index contributed by atoms with van der Waals surface area (Å²) in [5.41, 5.74) is 0. The molecule has 0 aromatic rings. The fourth-order valence-corrected chi connectivity index (χ4v) is 0.776. The minimum Gasteiger partial charge on any atom is -0.481 e. The van der Waals surface area contributed by atoms with E-state index in [-0.39, 0.29) is 19.3 Å². The second kappa shape index (κ2) is 5.95. The van der Waals surface area contributed by atoms with Crippen molar-refractivity contribution in [3.05, 3.63) is 0 Å². The van der Waals surface area contributed by atoms with Crippen LogP contribution in [0.4, 0.5) is 0 Å². The van der Waals surface area contributed by atoms with Crippen molar-refractivity contribution in [2.24, 2.45) is 0 Å². The molecule has 0 heterocycles. The highest BCUT2D eigenvalue weighted by molar-refractivity contribution is 5.83. The molecule has 80 valence electrons. The number of hydrogen-bond donors (Lipinski definition) is 3. The van der Waals surface area contributed by atoms with Crippen LogP contribution in [0.3, 0.4) is 0 Å². The summed E-state index contributed by atoms with van der Waals surface area (Å²) in [6.07, 6.45) is 0.159. The molecule has 14 heavy (non-hydrogen) atoms. The molecule has 1 unspecified atom stereocenters. The molecule has 0 aliphatic carbocycles. The van der Waals surface area contributed by atoms with Gasteiger partial charge in [-0.15, -0.1) is 0 Å². The highest BCUT2D eigenvalue weighted by Gasteiger charge is 2.13. The normalized spacial score (nSPS) is 11.8. The lowest BCUT2D eigenvalue weighted by Crippen LogP contribution is -2.38. The molecule has 0 aromatic heterocycles. The Bertz CT molecular complexity index is 238. The first-order chi connectivity index (χ1) is 6.43. The number of carbonyl (C=O) groups excluding carboxylic acids is 1. The second-order valence-corrected chi connectivity index (χ2v) is 2.87. The molecule has 0 aliphatic heterocycles. The van der Waals surface area contributed by atoms with Crippen molar-refractivity contribution in [2.45, 2.75) is 32.2 Å². The van der Waals surface area contributed by atoms with E-state index >= 15 is 0 Å². The minimum absolute atomic E-state index is 0.0317. The van der Waals surface area contributed by atoms with Crippen molar-refractivity contribution in [1.82, 2.24) is 5.32 Å². The van der Waals surface area contributed by atoms with Crippen molar-refractivity contribution in [1.29, 1.82) is 0 Å². The molecule has 0 fully saturated rings. The number of carbonyl (C=O) groups is 3. The molecular weight excluding hydrogens is 190 g/mol. The van der Waals surface area contributed by atoms with Gasteiger partial charge in [-0.2, -0.15) is 0 Å². The summed E-state index contributed by atoms with van der Waals surface area (Å²) in [5, 5.41) is 18.9. The zero-order valence-electron chi connectivity index (χ0n) is 7.82. The van der Waals surface area contributed by atoms with Crippen LogP contribution in [0, 0.1) is 0 Å². The Morgan fingerprint density at radius 1 is 1.21 bits per heavy atom. The number of hydrogen-bond acceptors (Lipinski definition) is 3. The minimum atomic E-state index is -1.11. The summed E-state index contributed by atoms with van der Waals surface area (Å²) < 4.78 is 0. The monoisotopic (exact) mass is 203 g/mol. The average molecular weight is 203 g/mol. The first kappa shape index (κ1) is 12.4. The van der Waals surface area contributed by atoms with E-state index in [2.05, 4.69) is 5.32 Å². The Balaban J connectivity index is 3.65. The maximum absolute atomic E-state index is 11.0. The molecule has 0 saturated heterocycles. The number of amides is 1. The Labute approximate surface area is 80.9 Å². The van der Waals surface area contributed by atoms with E-state index in [4.69, 9.17) is 10.2 Å². The fraction of sp³-hybridized carbons (Fsp3) is 0.625. The predicted molar refractivity (Wildman–Crippen MR) is 46.7 cm³/mol. The predicted octanol–water partition coefficient (Wildman–Crippen LogP) is -0.169. The van der Waals surface area contributed by atoms with Gasteiger partial charge in [0.2, 0.25) is 5.91 Å². The van der Waals surface area contributed by atoms with E-state index < -0.39 is 23.9 Å². The van der Waals surface area contributed by atoms with E-state index in [0.29, 0.717) is 0 Å². The summed E-state index contributed by atoms with van der Waals surface area (Å²) in [4.78, 5) is 31.4. The van der Waals surface area contributed by atoms with E-state index in [9.17, 15) is 14.4 Å². The van der Waals surface area contributed by atoms with Crippen molar-refractivity contribution in [3.8, 4) is 0 Å². The summed E-state index contributed by atoms with van der Waals surface area (Å²) in [7, 11) is 0. The van der Waals surface area contributed by atoms with Crippen LogP contribution < -0.4 is 5.32 Å². The third-order valence-electron chi connectivity index (χ3n) is 1.54. The second-order valence-electron chi connectivity index (χ2n) is 2.87. The quantitative estimate of drug-likeness (QED) is 0.556. The van der Waals surface area contributed by atoms with Crippen LogP contribution in [0.5, 0.6) is 0 Å². The van der Waals surface area contributed by atoms with Crippen LogP contribution in [0.25, 0.3) is 0 Å². The van der Waals surface area contributed by atoms with Gasteiger partial charge < -0.3 is 15.5 Å². The van der Waals surface area contributed by atoms with Gasteiger partial charge in [-0.25, -0.2) is 0 Å². The van der Waals surface area contributed by atoms with Gasteiger partial charge in [-0.1, -0.05) is 0 Å². The number of rotatable bonds is 6. The summed E-state index contributed by atoms with van der Waals surface area (Å²) in [5.74, 6) is -2.53. The maximum atomic E-state index is 11.0. The van der Waals surface area contributed by atoms with Crippen LogP contribution in [-0.4, -0.2) is 34.1 Å². The van der Waals surface area contributed by atoms with Crippen LogP contribution in [0.15, 0.2) is 0 Å². The molecule has 0 spiro atoms. The van der Waals surface area contributed by atoms with Gasteiger partial charge in [0.15, 0.2) is 0 Å². The van der Waals surface area contributed by atoms with Gasteiger partial charge in [0, 0.05) is 12.8 Å². The van der Waals surface area contributed by atoms with Gasteiger partial charge in [0.05, 0.1) is 0 Å². The Morgan fingerprint density at radius 2 is 1.79 bits per heavy atom. The molecule has 0 radical (unpaired) electrons. The molecular formula is C8H13NO5. The smallest absolute Gasteiger partial charge is 0.325 e. The molecule has 3 N–H and O–H groups in total. The van der Waals surface area contributed by atoms with Crippen LogP contribution in [0.2, 0.25) is 0 Å². The summed E-state index contributed by atoms with van der Waals surface area (Å²) in [6.45, 7) is 1.34.